The molecule has 0 bridgehead atoms. The number of rotatable bonds is 4. The van der Waals surface area contributed by atoms with Crippen molar-refractivity contribution in [1.82, 2.24) is 9.88 Å². The van der Waals surface area contributed by atoms with Gasteiger partial charge in [0.05, 0.1) is 0 Å². The van der Waals surface area contributed by atoms with Crippen molar-refractivity contribution in [1.29, 1.82) is 0 Å². The van der Waals surface area contributed by atoms with E-state index in [0.29, 0.717) is 18.9 Å². The van der Waals surface area contributed by atoms with E-state index in [1.165, 1.54) is 33.3 Å². The van der Waals surface area contributed by atoms with Crippen molar-refractivity contribution in [2.75, 3.05) is 13.1 Å². The van der Waals surface area contributed by atoms with E-state index in [1.807, 2.05) is 6.07 Å². The molecule has 2 N–H and O–H groups in total. The smallest absolute Gasteiger partial charge is 0.372 e. The number of nitrogens with one attached hydrogen (secondary N) is 1. The summed E-state index contributed by atoms with van der Waals surface area (Å²) in [6, 6.07) is 17.3. The molecule has 0 amide bonds. The first-order chi connectivity index (χ1) is 14.1. The van der Waals surface area contributed by atoms with Crippen molar-refractivity contribution in [2.45, 2.75) is 31.7 Å². The van der Waals surface area contributed by atoms with Gasteiger partial charge >= 0.3 is 5.97 Å². The van der Waals surface area contributed by atoms with E-state index in [4.69, 9.17) is 5.11 Å². The van der Waals surface area contributed by atoms with Crippen LogP contribution in [0.15, 0.2) is 48.5 Å². The Hall–Kier alpha value is -2.92. The van der Waals surface area contributed by atoms with Gasteiger partial charge in [-0.15, -0.1) is 0 Å². The first kappa shape index (κ1) is 18.1. The van der Waals surface area contributed by atoms with E-state index >= 15 is 0 Å². The highest BCUT2D eigenvalue weighted by Crippen LogP contribution is 2.43. The molecule has 1 atom stereocenters. The van der Waals surface area contributed by atoms with Crippen molar-refractivity contribution < 1.29 is 14.7 Å². The minimum atomic E-state index is -1.30. The first-order valence-electron chi connectivity index (χ1n) is 10.3. The van der Waals surface area contributed by atoms with Crippen molar-refractivity contribution in [2.24, 2.45) is 5.92 Å². The van der Waals surface area contributed by atoms with Crippen LogP contribution in [-0.4, -0.2) is 39.8 Å². The fraction of sp³-hybridized carbons (Fsp3) is 0.333. The number of aromatic amines is 1. The Labute approximate surface area is 169 Å². The van der Waals surface area contributed by atoms with Gasteiger partial charge in [-0.1, -0.05) is 42.5 Å². The van der Waals surface area contributed by atoms with E-state index in [1.54, 1.807) is 0 Å². The molecule has 1 saturated heterocycles. The van der Waals surface area contributed by atoms with Gasteiger partial charge in [0.2, 0.25) is 5.78 Å². The van der Waals surface area contributed by atoms with E-state index in [2.05, 4.69) is 52.3 Å². The van der Waals surface area contributed by atoms with Gasteiger partial charge in [-0.05, 0) is 61.5 Å². The maximum absolute atomic E-state index is 11.8. The molecule has 1 aliphatic heterocycles. The summed E-state index contributed by atoms with van der Waals surface area (Å²) in [5.41, 5.74) is 6.37. The zero-order valence-electron chi connectivity index (χ0n) is 16.2. The van der Waals surface area contributed by atoms with Crippen LogP contribution in [-0.2, 0) is 16.0 Å². The number of carboxylic acids is 1. The number of aromatic nitrogens is 1. The molecule has 1 aliphatic carbocycles. The number of aliphatic carboxylic acids is 1. The minimum Gasteiger partial charge on any atom is -0.475 e. The number of nitrogens with zero attached hydrogens (tertiary/aromatic N) is 1. The van der Waals surface area contributed by atoms with Gasteiger partial charge in [0.15, 0.2) is 0 Å². The Kier molecular flexibility index (Phi) is 4.47. The van der Waals surface area contributed by atoms with Crippen molar-refractivity contribution in [3.63, 3.8) is 0 Å². The van der Waals surface area contributed by atoms with Crippen LogP contribution >= 0.6 is 0 Å². The Morgan fingerprint density at radius 3 is 2.45 bits per heavy atom. The molecule has 1 fully saturated rings. The summed E-state index contributed by atoms with van der Waals surface area (Å²) in [6.07, 6.45) is 3.32. The van der Waals surface area contributed by atoms with Gasteiger partial charge in [0, 0.05) is 28.6 Å². The van der Waals surface area contributed by atoms with Crippen LogP contribution in [0, 0.1) is 5.92 Å². The Bertz CT molecular complexity index is 1080. The molecule has 0 radical (unpaired) electrons. The number of carbonyl (C=O) groups is 2. The van der Waals surface area contributed by atoms with Crippen LogP contribution < -0.4 is 0 Å². The van der Waals surface area contributed by atoms with Gasteiger partial charge in [0.25, 0.3) is 0 Å². The molecule has 148 valence electrons. The van der Waals surface area contributed by atoms with Gasteiger partial charge in [0.1, 0.15) is 0 Å². The number of piperidine rings is 1. The molecule has 2 heterocycles. The van der Waals surface area contributed by atoms with Gasteiger partial charge in [-0.25, -0.2) is 4.79 Å². The number of carbonyl (C=O) groups excluding carboxylic acids is 1. The molecule has 0 spiro atoms. The van der Waals surface area contributed by atoms with Crippen LogP contribution in [0.4, 0.5) is 0 Å². The molecular weight excluding hydrogens is 364 g/mol. The van der Waals surface area contributed by atoms with E-state index < -0.39 is 11.8 Å². The first-order valence-corrected chi connectivity index (χ1v) is 10.3. The maximum Gasteiger partial charge on any atom is 0.372 e. The van der Waals surface area contributed by atoms with Crippen molar-refractivity contribution in [3.8, 4) is 11.3 Å². The van der Waals surface area contributed by atoms with Gasteiger partial charge in [-0.3, -0.25) is 9.69 Å². The maximum atomic E-state index is 11.8. The van der Waals surface area contributed by atoms with E-state index in [0.717, 1.165) is 25.9 Å². The summed E-state index contributed by atoms with van der Waals surface area (Å²) in [5.74, 6) is -2.26. The van der Waals surface area contributed by atoms with Gasteiger partial charge < -0.3 is 10.1 Å². The number of ketones is 1. The second-order valence-electron chi connectivity index (χ2n) is 8.15. The average Bonchev–Trinajstić information content (AvgIpc) is 3.15. The molecule has 5 rings (SSSR count). The summed E-state index contributed by atoms with van der Waals surface area (Å²) in [7, 11) is 0. The quantitative estimate of drug-likeness (QED) is 0.658. The number of H-pyrrole nitrogens is 1. The summed E-state index contributed by atoms with van der Waals surface area (Å²) >= 11 is 0. The lowest BCUT2D eigenvalue weighted by Crippen LogP contribution is -2.40. The zero-order valence-corrected chi connectivity index (χ0v) is 16.2. The lowest BCUT2D eigenvalue weighted by Gasteiger charge is -2.39. The van der Waals surface area contributed by atoms with Crippen LogP contribution in [0.5, 0.6) is 0 Å². The number of hydrogen-bond acceptors (Lipinski definition) is 3. The molecule has 5 heteroatoms. The van der Waals surface area contributed by atoms with E-state index in [9.17, 15) is 9.59 Å². The highest BCUT2D eigenvalue weighted by atomic mass is 16.4. The summed E-state index contributed by atoms with van der Waals surface area (Å²) < 4.78 is 0. The van der Waals surface area contributed by atoms with Gasteiger partial charge in [-0.2, -0.15) is 0 Å². The predicted octanol–water partition coefficient (Wildman–Crippen LogP) is 4.19. The van der Waals surface area contributed by atoms with Crippen molar-refractivity contribution in [3.05, 3.63) is 59.7 Å². The topological polar surface area (TPSA) is 73.4 Å². The zero-order chi connectivity index (χ0) is 20.0. The third-order valence-corrected chi connectivity index (χ3v) is 6.60. The molecular formula is C24H24N2O3. The standard InChI is InChI=1S/C24H24N2O3/c27-23(24(28)29)16-11-13-26(14-12-16)20-10-9-18-21-17(20)7-4-8-19(21)25-22(18)15-5-2-1-3-6-15/h1-8,16,20,25H,9-14H2,(H,28,29). The molecule has 2 aromatic carbocycles. The average molecular weight is 388 g/mol. The Morgan fingerprint density at radius 1 is 0.966 bits per heavy atom. The molecule has 3 aromatic rings. The third-order valence-electron chi connectivity index (χ3n) is 6.60. The summed E-state index contributed by atoms with van der Waals surface area (Å²) in [5, 5.41) is 10.3. The summed E-state index contributed by atoms with van der Waals surface area (Å²) in [4.78, 5) is 28.9. The molecule has 29 heavy (non-hydrogen) atoms. The fourth-order valence-corrected chi connectivity index (χ4v) is 5.19. The second kappa shape index (κ2) is 7.16. The third kappa shape index (κ3) is 3.06. The van der Waals surface area contributed by atoms with Crippen LogP contribution in [0.1, 0.15) is 36.4 Å². The fourth-order valence-electron chi connectivity index (χ4n) is 5.19. The number of likely N-dealkylation sites (tertiary alicyclic amines) is 1. The second-order valence-corrected chi connectivity index (χ2v) is 8.15. The monoisotopic (exact) mass is 388 g/mol. The number of aryl methyl sites for hydroxylation is 1. The predicted molar refractivity (Wildman–Crippen MR) is 112 cm³/mol. The molecule has 2 aliphatic rings. The summed E-state index contributed by atoms with van der Waals surface area (Å²) in [6.45, 7) is 1.55. The number of Topliss-reactive ketones (excluding diaryl/α,β-unsaturated/α-hetero) is 1. The Balaban J connectivity index is 1.46. The van der Waals surface area contributed by atoms with Crippen LogP contribution in [0.3, 0.4) is 0 Å². The largest absolute Gasteiger partial charge is 0.475 e. The normalized spacial score (nSPS) is 20.1. The Morgan fingerprint density at radius 2 is 1.72 bits per heavy atom. The van der Waals surface area contributed by atoms with E-state index in [-0.39, 0.29) is 5.92 Å². The van der Waals surface area contributed by atoms with Crippen molar-refractivity contribution >= 4 is 22.7 Å². The highest BCUT2D eigenvalue weighted by Gasteiger charge is 2.34. The molecule has 5 nitrogen and oxygen atoms in total. The lowest BCUT2D eigenvalue weighted by atomic mass is 9.84. The molecule has 1 aromatic heterocycles. The lowest BCUT2D eigenvalue weighted by molar-refractivity contribution is -0.151. The van der Waals surface area contributed by atoms with Crippen LogP contribution in [0.2, 0.25) is 0 Å². The SMILES string of the molecule is O=C(O)C(=O)C1CCN(C2CCc3c(-c4ccccc4)[nH]c4cccc2c34)CC1. The number of benzene rings is 2. The van der Waals surface area contributed by atoms with Crippen LogP contribution in [0.25, 0.3) is 22.2 Å². The molecule has 1 unspecified atom stereocenters. The number of carboxylic acid groups (broad SMARTS) is 1. The minimum absolute atomic E-state index is 0.325. The molecule has 0 saturated carbocycles. The number of hydrogen-bond donors (Lipinski definition) is 2. The highest BCUT2D eigenvalue weighted by molar-refractivity contribution is 6.33.